The molecule has 1 aliphatic carbocycles. The van der Waals surface area contributed by atoms with E-state index in [0.717, 1.165) is 30.3 Å². The van der Waals surface area contributed by atoms with Gasteiger partial charge in [0.15, 0.2) is 0 Å². The molecule has 4 aromatic rings. The summed E-state index contributed by atoms with van der Waals surface area (Å²) in [5.41, 5.74) is 0.875. The van der Waals surface area contributed by atoms with Crippen molar-refractivity contribution in [3.05, 3.63) is 74.8 Å². The summed E-state index contributed by atoms with van der Waals surface area (Å²) >= 11 is 0. The average molecular weight is 419 g/mol. The Balaban J connectivity index is 1.96. The number of rotatable bonds is 3. The number of para-hydroxylation sites is 1. The van der Waals surface area contributed by atoms with E-state index in [1.807, 2.05) is 12.1 Å². The first kappa shape index (κ1) is 19.5. The molecular weight excluding hydrogens is 397 g/mol. The van der Waals surface area contributed by atoms with Crippen LogP contribution in [-0.4, -0.2) is 21.2 Å². The lowest BCUT2D eigenvalue weighted by atomic mass is 10.1. The zero-order chi connectivity index (χ0) is 21.7. The van der Waals surface area contributed by atoms with Crippen LogP contribution in [0.2, 0.25) is 0 Å². The van der Waals surface area contributed by atoms with Gasteiger partial charge in [-0.15, -0.1) is 0 Å². The number of nitrogens with zero attached hydrogens (tertiary/aromatic N) is 3. The van der Waals surface area contributed by atoms with Crippen LogP contribution in [0.3, 0.4) is 0 Å². The number of hydrogen-bond acceptors (Lipinski definition) is 4. The van der Waals surface area contributed by atoms with Gasteiger partial charge in [0, 0.05) is 17.6 Å². The molecule has 1 aliphatic rings. The molecule has 0 amide bonds. The van der Waals surface area contributed by atoms with Crippen LogP contribution in [0.4, 0.5) is 4.39 Å². The molecule has 0 unspecified atom stereocenters. The number of aromatic nitrogens is 3. The fourth-order valence-electron chi connectivity index (χ4n) is 4.62. The van der Waals surface area contributed by atoms with Crippen LogP contribution in [0, 0.1) is 12.7 Å². The number of ether oxygens (including phenoxy) is 1. The second-order valence-electron chi connectivity index (χ2n) is 8.04. The van der Waals surface area contributed by atoms with Crippen molar-refractivity contribution in [1.82, 2.24) is 14.1 Å². The molecule has 0 spiro atoms. The lowest BCUT2D eigenvalue weighted by Gasteiger charge is -2.20. The molecule has 0 atom stereocenters. The van der Waals surface area contributed by atoms with E-state index in [9.17, 15) is 14.0 Å². The molecule has 2 heterocycles. The number of methoxy groups -OCH3 is 1. The standard InChI is InChI=1S/C24H22FN3O3/c1-14-10-11-16(12-19(14)25)28-23(29)18-13-26-21-17(8-5-9-20(21)31-2)22(18)27(24(28)30)15-6-3-4-7-15/h5,8-13,15H,3-4,6-7H2,1-2H3. The zero-order valence-electron chi connectivity index (χ0n) is 17.4. The Morgan fingerprint density at radius 2 is 1.87 bits per heavy atom. The Morgan fingerprint density at radius 1 is 1.10 bits per heavy atom. The molecule has 0 bridgehead atoms. The Morgan fingerprint density at radius 3 is 2.58 bits per heavy atom. The second kappa shape index (κ2) is 7.34. The minimum Gasteiger partial charge on any atom is -0.494 e. The second-order valence-corrected chi connectivity index (χ2v) is 8.04. The van der Waals surface area contributed by atoms with Gasteiger partial charge in [0.05, 0.1) is 23.7 Å². The van der Waals surface area contributed by atoms with Gasteiger partial charge in [0.25, 0.3) is 5.56 Å². The predicted octanol–water partition coefficient (Wildman–Crippen LogP) is 4.27. The number of aryl methyl sites for hydroxylation is 1. The molecule has 5 rings (SSSR count). The third-order valence-corrected chi connectivity index (χ3v) is 6.23. The van der Waals surface area contributed by atoms with Gasteiger partial charge in [0.2, 0.25) is 0 Å². The van der Waals surface area contributed by atoms with Gasteiger partial charge in [-0.2, -0.15) is 0 Å². The molecule has 0 saturated heterocycles. The first-order valence-corrected chi connectivity index (χ1v) is 10.4. The summed E-state index contributed by atoms with van der Waals surface area (Å²) < 4.78 is 22.5. The summed E-state index contributed by atoms with van der Waals surface area (Å²) in [6.45, 7) is 1.64. The lowest BCUT2D eigenvalue weighted by molar-refractivity contribution is 0.419. The van der Waals surface area contributed by atoms with Crippen LogP contribution in [0.5, 0.6) is 5.75 Å². The molecule has 2 aromatic carbocycles. The van der Waals surface area contributed by atoms with Gasteiger partial charge in [-0.25, -0.2) is 13.8 Å². The van der Waals surface area contributed by atoms with Crippen molar-refractivity contribution in [2.24, 2.45) is 0 Å². The summed E-state index contributed by atoms with van der Waals surface area (Å²) in [5, 5.41) is 1.02. The van der Waals surface area contributed by atoms with Gasteiger partial charge in [-0.05, 0) is 43.5 Å². The van der Waals surface area contributed by atoms with Crippen LogP contribution >= 0.6 is 0 Å². The van der Waals surface area contributed by atoms with Crippen LogP contribution in [0.15, 0.2) is 52.2 Å². The van der Waals surface area contributed by atoms with Crippen molar-refractivity contribution in [3.8, 4) is 11.4 Å². The molecule has 0 N–H and O–H groups in total. The summed E-state index contributed by atoms with van der Waals surface area (Å²) in [7, 11) is 1.56. The maximum absolute atomic E-state index is 14.3. The fraction of sp³-hybridized carbons (Fsp3) is 0.292. The molecule has 1 saturated carbocycles. The van der Waals surface area contributed by atoms with Gasteiger partial charge in [0.1, 0.15) is 17.1 Å². The molecule has 0 aliphatic heterocycles. The first-order valence-electron chi connectivity index (χ1n) is 10.4. The average Bonchev–Trinajstić information content (AvgIpc) is 3.30. The summed E-state index contributed by atoms with van der Waals surface area (Å²) in [5.74, 6) is 0.118. The molecule has 158 valence electrons. The van der Waals surface area contributed by atoms with Crippen LogP contribution in [0.1, 0.15) is 37.3 Å². The molecule has 0 radical (unpaired) electrons. The van der Waals surface area contributed by atoms with Crippen molar-refractivity contribution in [2.75, 3.05) is 7.11 Å². The van der Waals surface area contributed by atoms with E-state index >= 15 is 0 Å². The first-order chi connectivity index (χ1) is 15.0. The van der Waals surface area contributed by atoms with E-state index in [-0.39, 0.29) is 11.7 Å². The summed E-state index contributed by atoms with van der Waals surface area (Å²) in [4.78, 5) is 31.7. The maximum Gasteiger partial charge on any atom is 0.336 e. The predicted molar refractivity (Wildman–Crippen MR) is 118 cm³/mol. The number of fused-ring (bicyclic) bond motifs is 3. The quantitative estimate of drug-likeness (QED) is 0.465. The molecule has 6 nitrogen and oxygen atoms in total. The van der Waals surface area contributed by atoms with Crippen LogP contribution in [0.25, 0.3) is 27.5 Å². The third kappa shape index (κ3) is 2.95. The van der Waals surface area contributed by atoms with Crippen LogP contribution < -0.4 is 16.0 Å². The number of hydrogen-bond donors (Lipinski definition) is 0. The highest BCUT2D eigenvalue weighted by Crippen LogP contribution is 2.34. The zero-order valence-corrected chi connectivity index (χ0v) is 17.4. The van der Waals surface area contributed by atoms with E-state index in [4.69, 9.17) is 4.74 Å². The highest BCUT2D eigenvalue weighted by atomic mass is 19.1. The van der Waals surface area contributed by atoms with E-state index < -0.39 is 17.1 Å². The number of benzene rings is 2. The van der Waals surface area contributed by atoms with Gasteiger partial charge < -0.3 is 4.74 Å². The highest BCUT2D eigenvalue weighted by molar-refractivity contribution is 6.05. The van der Waals surface area contributed by atoms with Crippen molar-refractivity contribution in [1.29, 1.82) is 0 Å². The molecule has 1 fully saturated rings. The van der Waals surface area contributed by atoms with Crippen molar-refractivity contribution < 1.29 is 9.13 Å². The summed E-state index contributed by atoms with van der Waals surface area (Å²) in [6, 6.07) is 9.86. The van der Waals surface area contributed by atoms with Crippen molar-refractivity contribution in [2.45, 2.75) is 38.6 Å². The number of halogens is 1. The van der Waals surface area contributed by atoms with Gasteiger partial charge >= 0.3 is 5.69 Å². The monoisotopic (exact) mass is 419 g/mol. The molecule has 7 heteroatoms. The largest absolute Gasteiger partial charge is 0.494 e. The SMILES string of the molecule is COc1cccc2c1ncc1c(=O)n(-c3ccc(C)c(F)c3)c(=O)n(C3CCCC3)c12. The Labute approximate surface area is 177 Å². The normalized spacial score (nSPS) is 14.5. The van der Waals surface area contributed by atoms with E-state index in [2.05, 4.69) is 4.98 Å². The Hall–Kier alpha value is -3.48. The molecular formula is C24H22FN3O3. The summed E-state index contributed by atoms with van der Waals surface area (Å²) in [6.07, 6.45) is 5.23. The molecule has 31 heavy (non-hydrogen) atoms. The van der Waals surface area contributed by atoms with E-state index in [1.54, 1.807) is 36.8 Å². The van der Waals surface area contributed by atoms with E-state index in [1.165, 1.54) is 12.3 Å². The van der Waals surface area contributed by atoms with Gasteiger partial charge in [-0.3, -0.25) is 14.3 Å². The topological polar surface area (TPSA) is 66.1 Å². The van der Waals surface area contributed by atoms with Gasteiger partial charge in [-0.1, -0.05) is 31.0 Å². The highest BCUT2D eigenvalue weighted by Gasteiger charge is 2.25. The Kier molecular flexibility index (Phi) is 4.61. The Bertz CT molecular complexity index is 1450. The maximum atomic E-state index is 14.3. The minimum atomic E-state index is -0.505. The smallest absolute Gasteiger partial charge is 0.336 e. The molecule has 2 aromatic heterocycles. The van der Waals surface area contributed by atoms with Crippen molar-refractivity contribution >= 4 is 21.8 Å². The fourth-order valence-corrected chi connectivity index (χ4v) is 4.62. The van der Waals surface area contributed by atoms with E-state index in [0.29, 0.717) is 33.1 Å². The van der Waals surface area contributed by atoms with Crippen LogP contribution in [-0.2, 0) is 0 Å². The third-order valence-electron chi connectivity index (χ3n) is 6.23. The number of pyridine rings is 1. The lowest BCUT2D eigenvalue weighted by Crippen LogP contribution is -2.40. The minimum absolute atomic E-state index is 0.0334. The van der Waals surface area contributed by atoms with Crippen molar-refractivity contribution in [3.63, 3.8) is 0 Å².